The van der Waals surface area contributed by atoms with Crippen molar-refractivity contribution in [2.24, 2.45) is 0 Å². The van der Waals surface area contributed by atoms with Gasteiger partial charge in [0.05, 0.1) is 11.7 Å². The number of para-hydroxylation sites is 1. The number of benzene rings is 1. The van der Waals surface area contributed by atoms with Gasteiger partial charge in [-0.2, -0.15) is 0 Å². The largest absolute Gasteiger partial charge is 0.377 e. The number of H-pyrrole nitrogens is 1. The number of aromatic amines is 1. The molecule has 1 aromatic carbocycles. The first-order valence-electron chi connectivity index (χ1n) is 7.72. The van der Waals surface area contributed by atoms with Crippen molar-refractivity contribution >= 4 is 16.8 Å². The van der Waals surface area contributed by atoms with Crippen molar-refractivity contribution in [1.29, 1.82) is 0 Å². The fourth-order valence-corrected chi connectivity index (χ4v) is 3.05. The lowest BCUT2D eigenvalue weighted by molar-refractivity contribution is 0.00731. The molecule has 2 aromatic rings. The van der Waals surface area contributed by atoms with Gasteiger partial charge in [0.1, 0.15) is 0 Å². The Labute approximate surface area is 128 Å². The SMILES string of the molecule is CCO[C@@H]1CCCN(C(=O)c2cc(=O)[nH]c3ccccc23)C1. The van der Waals surface area contributed by atoms with E-state index in [1.807, 2.05) is 31.2 Å². The molecule has 1 aliphatic rings. The molecule has 0 unspecified atom stereocenters. The number of nitrogens with one attached hydrogen (secondary N) is 1. The molecule has 0 radical (unpaired) electrons. The van der Waals surface area contributed by atoms with Crippen molar-refractivity contribution < 1.29 is 9.53 Å². The molecule has 5 nitrogen and oxygen atoms in total. The molecular weight excluding hydrogens is 280 g/mol. The van der Waals surface area contributed by atoms with E-state index in [9.17, 15) is 9.59 Å². The minimum atomic E-state index is -0.250. The lowest BCUT2D eigenvalue weighted by atomic mass is 10.0. The molecule has 1 amide bonds. The number of carbonyl (C=O) groups excluding carboxylic acids is 1. The Morgan fingerprint density at radius 3 is 3.05 bits per heavy atom. The van der Waals surface area contributed by atoms with Gasteiger partial charge in [0.15, 0.2) is 0 Å². The maximum Gasteiger partial charge on any atom is 0.254 e. The number of hydrogen-bond donors (Lipinski definition) is 1. The Kier molecular flexibility index (Phi) is 4.24. The highest BCUT2D eigenvalue weighted by Crippen LogP contribution is 2.20. The third-order valence-corrected chi connectivity index (χ3v) is 4.05. The van der Waals surface area contributed by atoms with Gasteiger partial charge in [0, 0.05) is 36.7 Å². The molecule has 0 bridgehead atoms. The van der Waals surface area contributed by atoms with Crippen LogP contribution in [0.5, 0.6) is 0 Å². The molecule has 3 rings (SSSR count). The summed E-state index contributed by atoms with van der Waals surface area (Å²) in [5.41, 5.74) is 0.911. The molecule has 1 N–H and O–H groups in total. The summed E-state index contributed by atoms with van der Waals surface area (Å²) in [5.74, 6) is -0.0910. The van der Waals surface area contributed by atoms with Gasteiger partial charge in [0.25, 0.3) is 5.91 Å². The number of aromatic nitrogens is 1. The van der Waals surface area contributed by atoms with Crippen molar-refractivity contribution in [2.75, 3.05) is 19.7 Å². The predicted octanol–water partition coefficient (Wildman–Crippen LogP) is 2.17. The number of pyridine rings is 1. The van der Waals surface area contributed by atoms with Crippen LogP contribution in [0.1, 0.15) is 30.1 Å². The number of piperidine rings is 1. The van der Waals surface area contributed by atoms with Crippen LogP contribution in [0.4, 0.5) is 0 Å². The molecule has 2 heterocycles. The van der Waals surface area contributed by atoms with Crippen LogP contribution < -0.4 is 5.56 Å². The van der Waals surface area contributed by atoms with E-state index in [1.54, 1.807) is 4.90 Å². The van der Waals surface area contributed by atoms with Gasteiger partial charge in [-0.1, -0.05) is 18.2 Å². The summed E-state index contributed by atoms with van der Waals surface area (Å²) in [4.78, 5) is 29.2. The molecule has 1 atom stereocenters. The van der Waals surface area contributed by atoms with Gasteiger partial charge in [-0.15, -0.1) is 0 Å². The minimum Gasteiger partial charge on any atom is -0.377 e. The Balaban J connectivity index is 1.93. The molecular formula is C17H20N2O3. The number of amides is 1. The zero-order valence-corrected chi connectivity index (χ0v) is 12.7. The van der Waals surface area contributed by atoms with E-state index in [-0.39, 0.29) is 17.6 Å². The normalized spacial score (nSPS) is 18.6. The molecule has 1 aliphatic heterocycles. The maximum absolute atomic E-state index is 12.8. The van der Waals surface area contributed by atoms with E-state index in [0.29, 0.717) is 30.8 Å². The number of nitrogens with zero attached hydrogens (tertiary/aromatic N) is 1. The van der Waals surface area contributed by atoms with Gasteiger partial charge in [0.2, 0.25) is 5.56 Å². The van der Waals surface area contributed by atoms with Crippen molar-refractivity contribution in [2.45, 2.75) is 25.9 Å². The summed E-state index contributed by atoms with van der Waals surface area (Å²) < 4.78 is 5.65. The lowest BCUT2D eigenvalue weighted by Crippen LogP contribution is -2.43. The molecule has 0 saturated carbocycles. The highest BCUT2D eigenvalue weighted by atomic mass is 16.5. The van der Waals surface area contributed by atoms with E-state index in [4.69, 9.17) is 4.74 Å². The van der Waals surface area contributed by atoms with Crippen molar-refractivity contribution in [3.05, 3.63) is 46.2 Å². The minimum absolute atomic E-state index is 0.0910. The van der Waals surface area contributed by atoms with Crippen molar-refractivity contribution in [3.63, 3.8) is 0 Å². The maximum atomic E-state index is 12.8. The van der Waals surface area contributed by atoms with Crippen LogP contribution in [-0.2, 0) is 4.74 Å². The molecule has 1 saturated heterocycles. The van der Waals surface area contributed by atoms with E-state index < -0.39 is 0 Å². The number of hydrogen-bond acceptors (Lipinski definition) is 3. The average Bonchev–Trinajstić information content (AvgIpc) is 2.54. The van der Waals surface area contributed by atoms with E-state index in [2.05, 4.69) is 4.98 Å². The second-order valence-corrected chi connectivity index (χ2v) is 5.56. The van der Waals surface area contributed by atoms with Gasteiger partial charge in [-0.3, -0.25) is 9.59 Å². The molecule has 0 aliphatic carbocycles. The lowest BCUT2D eigenvalue weighted by Gasteiger charge is -2.32. The second-order valence-electron chi connectivity index (χ2n) is 5.56. The number of ether oxygens (including phenoxy) is 1. The summed E-state index contributed by atoms with van der Waals surface area (Å²) in [6, 6.07) is 8.79. The standard InChI is InChI=1S/C17H20N2O3/c1-2-22-12-6-5-9-19(11-12)17(21)14-10-16(20)18-15-8-4-3-7-13(14)15/h3-4,7-8,10,12H,2,5-6,9,11H2,1H3,(H,18,20)/t12-/m1/s1. The summed E-state index contributed by atoms with van der Waals surface area (Å²) in [5, 5.41) is 0.783. The third kappa shape index (κ3) is 2.90. The Morgan fingerprint density at radius 2 is 2.23 bits per heavy atom. The fourth-order valence-electron chi connectivity index (χ4n) is 3.05. The topological polar surface area (TPSA) is 62.4 Å². The van der Waals surface area contributed by atoms with E-state index >= 15 is 0 Å². The Morgan fingerprint density at radius 1 is 1.41 bits per heavy atom. The molecule has 1 fully saturated rings. The Bertz CT molecular complexity index is 736. The monoisotopic (exact) mass is 300 g/mol. The van der Waals surface area contributed by atoms with E-state index in [1.165, 1.54) is 6.07 Å². The average molecular weight is 300 g/mol. The molecule has 116 valence electrons. The molecule has 0 spiro atoms. The predicted molar refractivity (Wildman–Crippen MR) is 85.1 cm³/mol. The van der Waals surface area contributed by atoms with Gasteiger partial charge < -0.3 is 14.6 Å². The van der Waals surface area contributed by atoms with Gasteiger partial charge in [-0.05, 0) is 25.8 Å². The summed E-state index contributed by atoms with van der Waals surface area (Å²) >= 11 is 0. The van der Waals surface area contributed by atoms with Crippen LogP contribution in [-0.4, -0.2) is 41.6 Å². The summed E-state index contributed by atoms with van der Waals surface area (Å²) in [6.45, 7) is 3.92. The summed E-state index contributed by atoms with van der Waals surface area (Å²) in [7, 11) is 0. The Hall–Kier alpha value is -2.14. The van der Waals surface area contributed by atoms with Crippen LogP contribution in [0, 0.1) is 0 Å². The first-order valence-corrected chi connectivity index (χ1v) is 7.72. The van der Waals surface area contributed by atoms with Crippen LogP contribution in [0.3, 0.4) is 0 Å². The smallest absolute Gasteiger partial charge is 0.254 e. The fraction of sp³-hybridized carbons (Fsp3) is 0.412. The van der Waals surface area contributed by atoms with Crippen LogP contribution in [0.2, 0.25) is 0 Å². The quantitative estimate of drug-likeness (QED) is 0.945. The number of rotatable bonds is 3. The van der Waals surface area contributed by atoms with Gasteiger partial charge in [-0.25, -0.2) is 0 Å². The zero-order chi connectivity index (χ0) is 15.5. The van der Waals surface area contributed by atoms with Crippen molar-refractivity contribution in [1.82, 2.24) is 9.88 Å². The first-order chi connectivity index (χ1) is 10.7. The molecule has 22 heavy (non-hydrogen) atoms. The molecule has 1 aromatic heterocycles. The van der Waals surface area contributed by atoms with Crippen LogP contribution in [0.25, 0.3) is 10.9 Å². The highest BCUT2D eigenvalue weighted by molar-refractivity contribution is 6.05. The van der Waals surface area contributed by atoms with Gasteiger partial charge >= 0.3 is 0 Å². The second kappa shape index (κ2) is 6.32. The highest BCUT2D eigenvalue weighted by Gasteiger charge is 2.26. The summed E-state index contributed by atoms with van der Waals surface area (Å²) in [6.07, 6.45) is 2.00. The number of fused-ring (bicyclic) bond motifs is 1. The van der Waals surface area contributed by atoms with E-state index in [0.717, 1.165) is 18.2 Å². The van der Waals surface area contributed by atoms with Crippen LogP contribution in [0.15, 0.2) is 35.1 Å². The van der Waals surface area contributed by atoms with Crippen molar-refractivity contribution in [3.8, 4) is 0 Å². The third-order valence-electron chi connectivity index (χ3n) is 4.05. The number of carbonyl (C=O) groups is 1. The molecule has 5 heteroatoms. The number of likely N-dealkylation sites (tertiary alicyclic amines) is 1. The van der Waals surface area contributed by atoms with Crippen LogP contribution >= 0.6 is 0 Å². The first kappa shape index (κ1) is 14.8. The zero-order valence-electron chi connectivity index (χ0n) is 12.7.